The molecule has 26 heavy (non-hydrogen) atoms. The lowest BCUT2D eigenvalue weighted by Gasteiger charge is -2.10. The summed E-state index contributed by atoms with van der Waals surface area (Å²) in [5.41, 5.74) is 1.02. The van der Waals surface area contributed by atoms with Crippen molar-refractivity contribution in [1.82, 2.24) is 0 Å². The fraction of sp³-hybridized carbons (Fsp3) is 0.222. The number of non-ortho nitro benzene ring substituents is 1. The van der Waals surface area contributed by atoms with E-state index >= 15 is 0 Å². The summed E-state index contributed by atoms with van der Waals surface area (Å²) in [6, 6.07) is 10.4. The molecule has 0 radical (unpaired) electrons. The first kappa shape index (κ1) is 17.4. The van der Waals surface area contributed by atoms with Gasteiger partial charge in [-0.05, 0) is 43.2 Å². The van der Waals surface area contributed by atoms with Crippen LogP contribution < -0.4 is 15.4 Å². The second-order valence-corrected chi connectivity index (χ2v) is 5.94. The molecule has 0 saturated heterocycles. The van der Waals surface area contributed by atoms with Crippen LogP contribution in [0.2, 0.25) is 0 Å². The molecule has 0 aromatic heterocycles. The SMILES string of the molecule is COc1ccc([N+](=O)[O-])cc1NC(=O)c1ccc(NC(=O)C2CC2)cc1. The van der Waals surface area contributed by atoms with Crippen LogP contribution in [0.3, 0.4) is 0 Å². The number of anilines is 2. The molecule has 1 aliphatic rings. The number of ether oxygens (including phenoxy) is 1. The zero-order valence-corrected chi connectivity index (χ0v) is 14.0. The first-order chi connectivity index (χ1) is 12.5. The van der Waals surface area contributed by atoms with Gasteiger partial charge in [-0.3, -0.25) is 19.7 Å². The predicted molar refractivity (Wildman–Crippen MR) is 95.4 cm³/mol. The summed E-state index contributed by atoms with van der Waals surface area (Å²) in [6.45, 7) is 0. The van der Waals surface area contributed by atoms with Gasteiger partial charge in [0, 0.05) is 29.3 Å². The number of nitrogens with one attached hydrogen (secondary N) is 2. The molecule has 2 aromatic rings. The second-order valence-electron chi connectivity index (χ2n) is 5.94. The Balaban J connectivity index is 1.72. The summed E-state index contributed by atoms with van der Waals surface area (Å²) >= 11 is 0. The molecule has 1 saturated carbocycles. The number of benzene rings is 2. The van der Waals surface area contributed by atoms with E-state index in [1.807, 2.05) is 0 Å². The number of amides is 2. The minimum Gasteiger partial charge on any atom is -0.495 e. The van der Waals surface area contributed by atoms with E-state index in [9.17, 15) is 19.7 Å². The molecule has 0 bridgehead atoms. The summed E-state index contributed by atoms with van der Waals surface area (Å²) in [4.78, 5) is 34.5. The lowest BCUT2D eigenvalue weighted by molar-refractivity contribution is -0.384. The Kier molecular flexibility index (Phi) is 4.83. The van der Waals surface area contributed by atoms with Crippen LogP contribution in [0.4, 0.5) is 17.1 Å². The Hall–Kier alpha value is -3.42. The van der Waals surface area contributed by atoms with E-state index in [-0.39, 0.29) is 23.2 Å². The highest BCUT2D eigenvalue weighted by Crippen LogP contribution is 2.31. The van der Waals surface area contributed by atoms with Gasteiger partial charge in [-0.1, -0.05) is 0 Å². The van der Waals surface area contributed by atoms with Crippen LogP contribution in [0.1, 0.15) is 23.2 Å². The zero-order chi connectivity index (χ0) is 18.7. The van der Waals surface area contributed by atoms with Crippen molar-refractivity contribution in [3.8, 4) is 5.75 Å². The number of rotatable bonds is 6. The number of carbonyl (C=O) groups is 2. The molecule has 8 heteroatoms. The molecule has 3 rings (SSSR count). The summed E-state index contributed by atoms with van der Waals surface area (Å²) in [6.07, 6.45) is 1.83. The summed E-state index contributed by atoms with van der Waals surface area (Å²) in [5, 5.41) is 16.3. The molecule has 0 aliphatic heterocycles. The van der Waals surface area contributed by atoms with Gasteiger partial charge in [0.1, 0.15) is 5.75 Å². The largest absolute Gasteiger partial charge is 0.495 e. The molecule has 2 N–H and O–H groups in total. The van der Waals surface area contributed by atoms with Crippen molar-refractivity contribution in [3.63, 3.8) is 0 Å². The summed E-state index contributed by atoms with van der Waals surface area (Å²) < 4.78 is 5.12. The van der Waals surface area contributed by atoms with Crippen molar-refractivity contribution in [2.24, 2.45) is 5.92 Å². The number of nitro groups is 1. The van der Waals surface area contributed by atoms with Crippen molar-refractivity contribution in [1.29, 1.82) is 0 Å². The van der Waals surface area contributed by atoms with Crippen LogP contribution in [0.5, 0.6) is 5.75 Å². The van der Waals surface area contributed by atoms with E-state index in [0.29, 0.717) is 17.0 Å². The van der Waals surface area contributed by atoms with Crippen molar-refractivity contribution in [3.05, 3.63) is 58.1 Å². The molecule has 2 aromatic carbocycles. The van der Waals surface area contributed by atoms with Gasteiger partial charge in [0.2, 0.25) is 5.91 Å². The van der Waals surface area contributed by atoms with Crippen LogP contribution in [0, 0.1) is 16.0 Å². The van der Waals surface area contributed by atoms with E-state index in [1.165, 1.54) is 25.3 Å². The molecular weight excluding hydrogens is 338 g/mol. The van der Waals surface area contributed by atoms with Crippen LogP contribution in [0.25, 0.3) is 0 Å². The van der Waals surface area contributed by atoms with Crippen LogP contribution in [-0.4, -0.2) is 23.8 Å². The highest BCUT2D eigenvalue weighted by Gasteiger charge is 2.29. The number of carbonyl (C=O) groups excluding carboxylic acids is 2. The van der Waals surface area contributed by atoms with E-state index in [1.54, 1.807) is 24.3 Å². The maximum Gasteiger partial charge on any atom is 0.271 e. The van der Waals surface area contributed by atoms with Crippen molar-refractivity contribution in [2.45, 2.75) is 12.8 Å². The maximum absolute atomic E-state index is 12.4. The Labute approximate surface area is 149 Å². The zero-order valence-electron chi connectivity index (χ0n) is 14.0. The molecular formula is C18H17N3O5. The maximum atomic E-state index is 12.4. The number of nitro benzene ring substituents is 1. The molecule has 1 fully saturated rings. The third kappa shape index (κ3) is 3.97. The van der Waals surface area contributed by atoms with E-state index in [0.717, 1.165) is 12.8 Å². The van der Waals surface area contributed by atoms with E-state index in [2.05, 4.69) is 10.6 Å². The second kappa shape index (κ2) is 7.22. The minimum absolute atomic E-state index is 0.0106. The average Bonchev–Trinajstić information content (AvgIpc) is 3.47. The van der Waals surface area contributed by atoms with Gasteiger partial charge in [-0.2, -0.15) is 0 Å². The Morgan fingerprint density at radius 1 is 1.12 bits per heavy atom. The van der Waals surface area contributed by atoms with Crippen LogP contribution in [-0.2, 0) is 4.79 Å². The molecule has 1 aliphatic carbocycles. The van der Waals surface area contributed by atoms with Crippen molar-refractivity contribution in [2.75, 3.05) is 17.7 Å². The summed E-state index contributed by atoms with van der Waals surface area (Å²) in [7, 11) is 1.41. The van der Waals surface area contributed by atoms with Crippen LogP contribution in [0.15, 0.2) is 42.5 Å². The highest BCUT2D eigenvalue weighted by atomic mass is 16.6. The molecule has 2 amide bonds. The molecule has 0 atom stereocenters. The lowest BCUT2D eigenvalue weighted by atomic mass is 10.1. The van der Waals surface area contributed by atoms with Gasteiger partial charge in [0.15, 0.2) is 0 Å². The average molecular weight is 355 g/mol. The fourth-order valence-corrected chi connectivity index (χ4v) is 2.40. The molecule has 0 heterocycles. The number of hydrogen-bond donors (Lipinski definition) is 2. The van der Waals surface area contributed by atoms with Crippen molar-refractivity contribution >= 4 is 28.9 Å². The smallest absolute Gasteiger partial charge is 0.271 e. The van der Waals surface area contributed by atoms with Gasteiger partial charge in [0.05, 0.1) is 17.7 Å². The van der Waals surface area contributed by atoms with Gasteiger partial charge < -0.3 is 15.4 Å². The summed E-state index contributed by atoms with van der Waals surface area (Å²) in [5.74, 6) is -0.0380. The lowest BCUT2D eigenvalue weighted by Crippen LogP contribution is -2.15. The van der Waals surface area contributed by atoms with E-state index < -0.39 is 10.8 Å². The number of nitrogens with zero attached hydrogens (tertiary/aromatic N) is 1. The molecule has 0 spiro atoms. The molecule has 134 valence electrons. The quantitative estimate of drug-likeness (QED) is 0.610. The molecule has 8 nitrogen and oxygen atoms in total. The predicted octanol–water partition coefficient (Wildman–Crippen LogP) is 3.20. The first-order valence-electron chi connectivity index (χ1n) is 8.02. The van der Waals surface area contributed by atoms with E-state index in [4.69, 9.17) is 4.74 Å². The van der Waals surface area contributed by atoms with Crippen molar-refractivity contribution < 1.29 is 19.2 Å². The monoisotopic (exact) mass is 355 g/mol. The first-order valence-corrected chi connectivity index (χ1v) is 8.02. The number of hydrogen-bond acceptors (Lipinski definition) is 5. The Bertz CT molecular complexity index is 860. The standard InChI is InChI=1S/C18H17N3O5/c1-26-16-9-8-14(21(24)25)10-15(16)20-18(23)12-4-6-13(7-5-12)19-17(22)11-2-3-11/h4-11H,2-3H2,1H3,(H,19,22)(H,20,23). The van der Waals surface area contributed by atoms with Gasteiger partial charge in [-0.25, -0.2) is 0 Å². The number of methoxy groups -OCH3 is 1. The normalized spacial score (nSPS) is 13.0. The fourth-order valence-electron chi connectivity index (χ4n) is 2.40. The Morgan fingerprint density at radius 3 is 2.38 bits per heavy atom. The van der Waals surface area contributed by atoms with Gasteiger partial charge in [-0.15, -0.1) is 0 Å². The third-order valence-electron chi connectivity index (χ3n) is 4.00. The molecule has 0 unspecified atom stereocenters. The van der Waals surface area contributed by atoms with Gasteiger partial charge >= 0.3 is 0 Å². The highest BCUT2D eigenvalue weighted by molar-refractivity contribution is 6.05. The Morgan fingerprint density at radius 2 is 1.81 bits per heavy atom. The van der Waals surface area contributed by atoms with Gasteiger partial charge in [0.25, 0.3) is 11.6 Å². The topological polar surface area (TPSA) is 111 Å². The third-order valence-corrected chi connectivity index (χ3v) is 4.00. The minimum atomic E-state index is -0.549. The van der Waals surface area contributed by atoms with Crippen LogP contribution >= 0.6 is 0 Å².